The van der Waals surface area contributed by atoms with Gasteiger partial charge in [0.2, 0.25) is 0 Å². The maximum Gasteiger partial charge on any atom is 0.311 e. The van der Waals surface area contributed by atoms with Gasteiger partial charge in [-0.1, -0.05) is 0 Å². The molecule has 0 unspecified atom stereocenters. The minimum Gasteiger partial charge on any atom is -0.496 e. The Kier molecular flexibility index (Phi) is 3.66. The van der Waals surface area contributed by atoms with E-state index in [2.05, 4.69) is 0 Å². The van der Waals surface area contributed by atoms with Crippen LogP contribution in [0.2, 0.25) is 0 Å². The van der Waals surface area contributed by atoms with Crippen molar-refractivity contribution in [2.75, 3.05) is 7.11 Å². The molecular weight excluding hydrogens is 208 g/mol. The maximum atomic E-state index is 11.5. The fourth-order valence-electron chi connectivity index (χ4n) is 1.67. The summed E-state index contributed by atoms with van der Waals surface area (Å²) in [6.45, 7) is 3.65. The molecule has 0 bridgehead atoms. The van der Waals surface area contributed by atoms with E-state index >= 15 is 0 Å². The zero-order valence-electron chi connectivity index (χ0n) is 9.53. The predicted molar refractivity (Wildman–Crippen MR) is 59.1 cm³/mol. The van der Waals surface area contributed by atoms with E-state index in [9.17, 15) is 9.59 Å². The molecule has 0 amide bonds. The lowest BCUT2D eigenvalue weighted by Crippen LogP contribution is -2.08. The quantitative estimate of drug-likeness (QED) is 0.625. The number of Topliss-reactive ketones (excluding diaryl/α,β-unsaturated/α-hetero) is 1. The predicted octanol–water partition coefficient (Wildman–Crippen LogP) is 1.97. The average molecular weight is 222 g/mol. The van der Waals surface area contributed by atoms with Crippen LogP contribution in [-0.4, -0.2) is 24.0 Å². The van der Waals surface area contributed by atoms with Crippen LogP contribution in [0.4, 0.5) is 0 Å². The van der Waals surface area contributed by atoms with Gasteiger partial charge in [0.1, 0.15) is 12.2 Å². The number of hydrogen-bond donors (Lipinski definition) is 1. The van der Waals surface area contributed by atoms with Crippen molar-refractivity contribution in [1.82, 2.24) is 0 Å². The van der Waals surface area contributed by atoms with Gasteiger partial charge in [-0.05, 0) is 37.1 Å². The minimum atomic E-state index is -1.11. The third kappa shape index (κ3) is 2.59. The van der Waals surface area contributed by atoms with Gasteiger partial charge < -0.3 is 9.84 Å². The van der Waals surface area contributed by atoms with Gasteiger partial charge in [-0.15, -0.1) is 0 Å². The molecule has 0 aliphatic heterocycles. The lowest BCUT2D eigenvalue weighted by molar-refractivity contribution is -0.135. The summed E-state index contributed by atoms with van der Waals surface area (Å²) >= 11 is 0. The summed E-state index contributed by atoms with van der Waals surface area (Å²) in [4.78, 5) is 22.0. The zero-order valence-corrected chi connectivity index (χ0v) is 9.53. The van der Waals surface area contributed by atoms with Crippen LogP contribution in [0.15, 0.2) is 12.1 Å². The maximum absolute atomic E-state index is 11.5. The summed E-state index contributed by atoms with van der Waals surface area (Å²) in [5.41, 5.74) is 2.07. The Hall–Kier alpha value is -1.84. The van der Waals surface area contributed by atoms with Gasteiger partial charge in [-0.2, -0.15) is 0 Å². The summed E-state index contributed by atoms with van der Waals surface area (Å²) in [5, 5.41) is 8.54. The monoisotopic (exact) mass is 222 g/mol. The number of ether oxygens (including phenoxy) is 1. The lowest BCUT2D eigenvalue weighted by Gasteiger charge is -2.10. The number of carboxylic acids is 1. The lowest BCUT2D eigenvalue weighted by atomic mass is 10.0. The van der Waals surface area contributed by atoms with Crippen LogP contribution in [-0.2, 0) is 4.79 Å². The van der Waals surface area contributed by atoms with Crippen molar-refractivity contribution in [1.29, 1.82) is 0 Å². The first kappa shape index (κ1) is 12.2. The number of carbonyl (C=O) groups excluding carboxylic acids is 1. The molecule has 0 fully saturated rings. The van der Waals surface area contributed by atoms with Gasteiger partial charge in [0, 0.05) is 5.56 Å². The number of methoxy groups -OCH3 is 1. The SMILES string of the molecule is COc1c(C)cc(C(=O)CC(=O)O)cc1C. The Morgan fingerprint density at radius 2 is 1.75 bits per heavy atom. The molecule has 0 saturated heterocycles. The van der Waals surface area contributed by atoms with E-state index in [1.165, 1.54) is 0 Å². The molecule has 0 saturated carbocycles. The van der Waals surface area contributed by atoms with Crippen molar-refractivity contribution >= 4 is 11.8 Å². The van der Waals surface area contributed by atoms with Gasteiger partial charge in [-0.3, -0.25) is 9.59 Å². The first-order valence-electron chi connectivity index (χ1n) is 4.86. The summed E-state index contributed by atoms with van der Waals surface area (Å²) < 4.78 is 5.16. The fourth-order valence-corrected chi connectivity index (χ4v) is 1.67. The second kappa shape index (κ2) is 4.79. The van der Waals surface area contributed by atoms with E-state index in [4.69, 9.17) is 9.84 Å². The largest absolute Gasteiger partial charge is 0.496 e. The molecule has 0 heterocycles. The molecule has 16 heavy (non-hydrogen) atoms. The number of aryl methyl sites for hydroxylation is 2. The average Bonchev–Trinajstić information content (AvgIpc) is 2.16. The molecule has 1 aromatic rings. The standard InChI is InChI=1S/C12H14O4/c1-7-4-9(10(13)6-11(14)15)5-8(2)12(7)16-3/h4-5H,6H2,1-3H3,(H,14,15). The number of hydrogen-bond acceptors (Lipinski definition) is 3. The Labute approximate surface area is 93.9 Å². The van der Waals surface area contributed by atoms with E-state index in [-0.39, 0.29) is 5.78 Å². The van der Waals surface area contributed by atoms with Crippen LogP contribution in [0.3, 0.4) is 0 Å². The molecular formula is C12H14O4. The van der Waals surface area contributed by atoms with E-state index in [1.807, 2.05) is 13.8 Å². The van der Waals surface area contributed by atoms with E-state index in [0.717, 1.165) is 16.9 Å². The van der Waals surface area contributed by atoms with Crippen molar-refractivity contribution < 1.29 is 19.4 Å². The second-order valence-corrected chi connectivity index (χ2v) is 3.64. The van der Waals surface area contributed by atoms with Crippen LogP contribution < -0.4 is 4.74 Å². The highest BCUT2D eigenvalue weighted by Crippen LogP contribution is 2.24. The zero-order chi connectivity index (χ0) is 12.3. The van der Waals surface area contributed by atoms with Gasteiger partial charge >= 0.3 is 5.97 Å². The molecule has 86 valence electrons. The topological polar surface area (TPSA) is 63.6 Å². The van der Waals surface area contributed by atoms with Crippen molar-refractivity contribution in [2.24, 2.45) is 0 Å². The smallest absolute Gasteiger partial charge is 0.311 e. The first-order valence-corrected chi connectivity index (χ1v) is 4.86. The highest BCUT2D eigenvalue weighted by atomic mass is 16.5. The number of benzene rings is 1. The van der Waals surface area contributed by atoms with Crippen LogP contribution in [0.25, 0.3) is 0 Å². The van der Waals surface area contributed by atoms with Gasteiger partial charge in [0.25, 0.3) is 0 Å². The number of carbonyl (C=O) groups is 2. The van der Waals surface area contributed by atoms with Crippen LogP contribution >= 0.6 is 0 Å². The molecule has 0 aromatic heterocycles. The Morgan fingerprint density at radius 3 is 2.12 bits per heavy atom. The second-order valence-electron chi connectivity index (χ2n) is 3.64. The number of rotatable bonds is 4. The van der Waals surface area contributed by atoms with Crippen LogP contribution in [0, 0.1) is 13.8 Å². The molecule has 0 aliphatic rings. The third-order valence-corrected chi connectivity index (χ3v) is 2.30. The normalized spacial score (nSPS) is 9.94. The number of aliphatic carboxylic acids is 1. The molecule has 0 atom stereocenters. The number of carboxylic acid groups (broad SMARTS) is 1. The summed E-state index contributed by atoms with van der Waals surface area (Å²) in [5.74, 6) is -0.774. The van der Waals surface area contributed by atoms with E-state index in [0.29, 0.717) is 5.56 Å². The summed E-state index contributed by atoms with van der Waals surface area (Å²) in [6.07, 6.45) is -0.481. The molecule has 0 spiro atoms. The van der Waals surface area contributed by atoms with Crippen LogP contribution in [0.1, 0.15) is 27.9 Å². The molecule has 0 radical (unpaired) electrons. The van der Waals surface area contributed by atoms with E-state index in [1.54, 1.807) is 19.2 Å². The Balaban J connectivity index is 3.08. The summed E-state index contributed by atoms with van der Waals surface area (Å²) in [7, 11) is 1.56. The molecule has 1 rings (SSSR count). The highest BCUT2D eigenvalue weighted by Gasteiger charge is 2.13. The van der Waals surface area contributed by atoms with Gasteiger partial charge in [0.15, 0.2) is 5.78 Å². The number of ketones is 1. The van der Waals surface area contributed by atoms with Crippen molar-refractivity contribution in [3.8, 4) is 5.75 Å². The van der Waals surface area contributed by atoms with Crippen molar-refractivity contribution in [3.63, 3.8) is 0 Å². The molecule has 1 aromatic carbocycles. The van der Waals surface area contributed by atoms with E-state index < -0.39 is 12.4 Å². The Morgan fingerprint density at radius 1 is 1.25 bits per heavy atom. The van der Waals surface area contributed by atoms with Gasteiger partial charge in [-0.25, -0.2) is 0 Å². The van der Waals surface area contributed by atoms with Gasteiger partial charge in [0.05, 0.1) is 7.11 Å². The first-order chi connectivity index (χ1) is 7.45. The third-order valence-electron chi connectivity index (χ3n) is 2.30. The highest BCUT2D eigenvalue weighted by molar-refractivity contribution is 6.05. The summed E-state index contributed by atoms with van der Waals surface area (Å²) in [6, 6.07) is 3.30. The van der Waals surface area contributed by atoms with Crippen molar-refractivity contribution in [3.05, 3.63) is 28.8 Å². The molecule has 4 nitrogen and oxygen atoms in total. The van der Waals surface area contributed by atoms with Crippen molar-refractivity contribution in [2.45, 2.75) is 20.3 Å². The minimum absolute atomic E-state index is 0.388. The molecule has 0 aliphatic carbocycles. The molecule has 4 heteroatoms. The fraction of sp³-hybridized carbons (Fsp3) is 0.333. The molecule has 1 N–H and O–H groups in total. The van der Waals surface area contributed by atoms with Crippen LogP contribution in [0.5, 0.6) is 5.75 Å². The Bertz CT molecular complexity index is 412.